The molecular weight excluding hydrogens is 215 g/mol. The van der Waals surface area contributed by atoms with Crippen LogP contribution in [0.3, 0.4) is 0 Å². The van der Waals surface area contributed by atoms with E-state index in [1.54, 1.807) is 0 Å². The first-order valence-electron chi connectivity index (χ1n) is 4.65. The van der Waals surface area contributed by atoms with E-state index in [9.17, 15) is 0 Å². The lowest BCUT2D eigenvalue weighted by Gasteiger charge is -2.24. The fourth-order valence-electron chi connectivity index (χ4n) is 1.61. The minimum absolute atomic E-state index is 0.383. The van der Waals surface area contributed by atoms with Crippen molar-refractivity contribution in [3.63, 3.8) is 0 Å². The number of aliphatic hydroxyl groups is 1. The molecule has 5 heteroatoms. The number of benzene rings is 1. The Kier molecular flexibility index (Phi) is 3.22. The summed E-state index contributed by atoms with van der Waals surface area (Å²) in [6.45, 7) is 4.12. The molecule has 0 amide bonds. The number of aliphatic hydroxyl groups excluding tert-OH is 1. The maximum absolute atomic E-state index is 8.61. The highest BCUT2D eigenvalue weighted by Gasteiger charge is 2.24. The molecule has 0 radical (unpaired) electrons. The average molecular weight is 228 g/mol. The molecule has 2 rings (SSSR count). The molecule has 82 valence electrons. The molecule has 0 aliphatic carbocycles. The van der Waals surface area contributed by atoms with Gasteiger partial charge in [0.1, 0.15) is 5.75 Å². The van der Waals surface area contributed by atoms with Crippen molar-refractivity contribution in [1.82, 2.24) is 0 Å². The smallest absolute Gasteiger partial charge is 0.399 e. The number of rotatable bonds is 2. The second-order valence-electron chi connectivity index (χ2n) is 3.42. The van der Waals surface area contributed by atoms with Gasteiger partial charge in [0.2, 0.25) is 0 Å². The van der Waals surface area contributed by atoms with Crippen LogP contribution in [0.25, 0.3) is 0 Å². The van der Waals surface area contributed by atoms with Crippen LogP contribution in [0.4, 0.5) is 0 Å². The van der Waals surface area contributed by atoms with E-state index in [-0.39, 0.29) is 6.79 Å². The van der Waals surface area contributed by atoms with Gasteiger partial charge in [0.15, 0.2) is 6.79 Å². The van der Waals surface area contributed by atoms with Gasteiger partial charge >= 0.3 is 8.60 Å². The maximum Gasteiger partial charge on any atom is 0.399 e. The molecule has 1 N–H and O–H groups in total. The van der Waals surface area contributed by atoms with Gasteiger partial charge in [0.05, 0.1) is 6.61 Å². The van der Waals surface area contributed by atoms with Crippen molar-refractivity contribution in [1.29, 1.82) is 0 Å². The first kappa shape index (κ1) is 10.8. The fraction of sp³-hybridized carbons (Fsp3) is 0.400. The van der Waals surface area contributed by atoms with Crippen LogP contribution in [0.2, 0.25) is 0 Å². The molecule has 0 saturated heterocycles. The van der Waals surface area contributed by atoms with Gasteiger partial charge in [0.25, 0.3) is 0 Å². The molecule has 1 aromatic carbocycles. The van der Waals surface area contributed by atoms with E-state index in [1.807, 2.05) is 19.9 Å². The summed E-state index contributed by atoms with van der Waals surface area (Å²) in [6, 6.07) is 4.09. The quantitative estimate of drug-likeness (QED) is 0.623. The van der Waals surface area contributed by atoms with Gasteiger partial charge in [-0.3, -0.25) is 9.05 Å². The van der Waals surface area contributed by atoms with E-state index in [0.717, 1.165) is 16.9 Å². The summed E-state index contributed by atoms with van der Waals surface area (Å²) >= 11 is 0. The lowest BCUT2D eigenvalue weighted by Crippen LogP contribution is -2.08. The van der Waals surface area contributed by atoms with E-state index in [1.165, 1.54) is 5.56 Å². The second-order valence-corrected chi connectivity index (χ2v) is 4.56. The van der Waals surface area contributed by atoms with Gasteiger partial charge in [-0.25, -0.2) is 0 Å². The third kappa shape index (κ3) is 2.29. The zero-order valence-corrected chi connectivity index (χ0v) is 9.58. The molecule has 0 spiro atoms. The van der Waals surface area contributed by atoms with E-state index >= 15 is 0 Å². The molecule has 1 unspecified atom stereocenters. The average Bonchev–Trinajstić information content (AvgIpc) is 2.19. The molecule has 15 heavy (non-hydrogen) atoms. The Labute approximate surface area is 89.8 Å². The molecule has 1 atom stereocenters. The van der Waals surface area contributed by atoms with Crippen molar-refractivity contribution in [2.24, 2.45) is 0 Å². The highest BCUT2D eigenvalue weighted by Crippen LogP contribution is 2.48. The third-order valence-corrected chi connectivity index (χ3v) is 3.15. The monoisotopic (exact) mass is 228 g/mol. The summed E-state index contributed by atoms with van der Waals surface area (Å²) in [5, 5.41) is 8.61. The minimum atomic E-state index is -1.43. The largest absolute Gasteiger partial charge is 0.426 e. The van der Waals surface area contributed by atoms with E-state index < -0.39 is 8.60 Å². The lowest BCUT2D eigenvalue weighted by atomic mass is 10.1. The van der Waals surface area contributed by atoms with Crippen molar-refractivity contribution >= 4 is 8.60 Å². The highest BCUT2D eigenvalue weighted by molar-refractivity contribution is 7.42. The summed E-state index contributed by atoms with van der Waals surface area (Å²) in [7, 11) is -1.43. The Morgan fingerprint density at radius 3 is 3.00 bits per heavy atom. The Morgan fingerprint density at radius 1 is 1.47 bits per heavy atom. The number of aryl methyl sites for hydroxylation is 2. The van der Waals surface area contributed by atoms with Crippen molar-refractivity contribution < 1.29 is 18.7 Å². The second kappa shape index (κ2) is 4.45. The van der Waals surface area contributed by atoms with Crippen molar-refractivity contribution in [2.45, 2.75) is 20.5 Å². The van der Waals surface area contributed by atoms with Crippen LogP contribution in [0.1, 0.15) is 16.7 Å². The van der Waals surface area contributed by atoms with Crippen LogP contribution in [0, 0.1) is 13.8 Å². The van der Waals surface area contributed by atoms with Crippen LogP contribution < -0.4 is 4.52 Å². The Balaban J connectivity index is 2.25. The molecule has 4 nitrogen and oxygen atoms in total. The molecule has 0 aromatic heterocycles. The number of hydrogen-bond acceptors (Lipinski definition) is 4. The van der Waals surface area contributed by atoms with E-state index in [2.05, 4.69) is 6.07 Å². The first-order valence-corrected chi connectivity index (χ1v) is 5.75. The van der Waals surface area contributed by atoms with Crippen molar-refractivity contribution in [3.8, 4) is 5.75 Å². The predicted octanol–water partition coefficient (Wildman–Crippen LogP) is 2.41. The standard InChI is InChI=1S/C10H13O4P/c1-7-3-8(2)10-9(4-7)5-12-15(14-10)13-6-11/h3-4,11H,5-6H2,1-2H3. The van der Waals surface area contributed by atoms with Gasteiger partial charge in [-0.2, -0.15) is 0 Å². The SMILES string of the molecule is Cc1cc(C)c2c(c1)COP(OCO)O2. The van der Waals surface area contributed by atoms with Gasteiger partial charge in [0, 0.05) is 5.56 Å². The third-order valence-electron chi connectivity index (χ3n) is 2.15. The zero-order valence-electron chi connectivity index (χ0n) is 8.69. The summed E-state index contributed by atoms with van der Waals surface area (Å²) in [5.41, 5.74) is 3.29. The number of hydrogen-bond donors (Lipinski definition) is 1. The predicted molar refractivity (Wildman–Crippen MR) is 56.4 cm³/mol. The van der Waals surface area contributed by atoms with Crippen LogP contribution >= 0.6 is 8.60 Å². The Hall–Kier alpha value is -0.670. The highest BCUT2D eigenvalue weighted by atomic mass is 31.2. The van der Waals surface area contributed by atoms with E-state index in [0.29, 0.717) is 6.61 Å². The van der Waals surface area contributed by atoms with Gasteiger partial charge in [-0.1, -0.05) is 17.7 Å². The van der Waals surface area contributed by atoms with Gasteiger partial charge in [-0.15, -0.1) is 0 Å². The van der Waals surface area contributed by atoms with Crippen LogP contribution in [0.15, 0.2) is 12.1 Å². The summed E-state index contributed by atoms with van der Waals surface area (Å²) in [4.78, 5) is 0. The molecule has 1 aliphatic heterocycles. The number of fused-ring (bicyclic) bond motifs is 1. The summed E-state index contributed by atoms with van der Waals surface area (Å²) < 4.78 is 15.7. The lowest BCUT2D eigenvalue weighted by molar-refractivity contribution is 0.0705. The molecule has 0 bridgehead atoms. The van der Waals surface area contributed by atoms with Crippen LogP contribution in [0.5, 0.6) is 5.75 Å². The summed E-state index contributed by atoms with van der Waals surface area (Å²) in [6.07, 6.45) is 0. The normalized spacial score (nSPS) is 19.5. The first-order chi connectivity index (χ1) is 7.20. The van der Waals surface area contributed by atoms with Gasteiger partial charge < -0.3 is 9.63 Å². The molecule has 0 fully saturated rings. The Bertz CT molecular complexity index is 367. The van der Waals surface area contributed by atoms with Crippen LogP contribution in [-0.2, 0) is 15.7 Å². The fourth-order valence-corrected chi connectivity index (χ4v) is 2.54. The minimum Gasteiger partial charge on any atom is -0.426 e. The molecule has 0 saturated carbocycles. The summed E-state index contributed by atoms with van der Waals surface area (Å²) in [5.74, 6) is 0.825. The molecule has 1 aliphatic rings. The molecule has 1 heterocycles. The maximum atomic E-state index is 8.61. The molecule has 1 aromatic rings. The Morgan fingerprint density at radius 2 is 2.27 bits per heavy atom. The topological polar surface area (TPSA) is 47.9 Å². The molecular formula is C10H13O4P. The zero-order chi connectivity index (χ0) is 10.8. The van der Waals surface area contributed by atoms with Crippen molar-refractivity contribution in [2.75, 3.05) is 6.79 Å². The van der Waals surface area contributed by atoms with Gasteiger partial charge in [-0.05, 0) is 19.4 Å². The van der Waals surface area contributed by atoms with Crippen LogP contribution in [-0.4, -0.2) is 11.9 Å². The van der Waals surface area contributed by atoms with Crippen molar-refractivity contribution in [3.05, 3.63) is 28.8 Å². The van der Waals surface area contributed by atoms with E-state index in [4.69, 9.17) is 18.7 Å².